The molecule has 0 fully saturated rings. The second-order valence-corrected chi connectivity index (χ2v) is 5.56. The van der Waals surface area contributed by atoms with Crippen LogP contribution in [0.25, 0.3) is 0 Å². The third-order valence-electron chi connectivity index (χ3n) is 3.62. The second kappa shape index (κ2) is 9.98. The summed E-state index contributed by atoms with van der Waals surface area (Å²) in [5, 5.41) is 0. The summed E-state index contributed by atoms with van der Waals surface area (Å²) in [5.74, 6) is 0.00388. The van der Waals surface area contributed by atoms with Crippen LogP contribution in [0.4, 0.5) is 0 Å². The van der Waals surface area contributed by atoms with Gasteiger partial charge < -0.3 is 9.80 Å². The Morgan fingerprint density at radius 2 is 1.50 bits per heavy atom. The molecule has 1 aromatic rings. The van der Waals surface area contributed by atoms with Gasteiger partial charge >= 0.3 is 0 Å². The molecule has 1 rings (SSSR count). The lowest BCUT2D eigenvalue weighted by Crippen LogP contribution is -2.43. The Bertz CT molecular complexity index is 453. The molecule has 0 radical (unpaired) electrons. The minimum atomic E-state index is -0.0442. The van der Waals surface area contributed by atoms with Gasteiger partial charge in [0.05, 0.1) is 6.54 Å². The molecule has 0 aliphatic heterocycles. The van der Waals surface area contributed by atoms with Crippen molar-refractivity contribution in [2.45, 2.75) is 40.0 Å². The highest BCUT2D eigenvalue weighted by molar-refractivity contribution is 5.83. The Kier molecular flexibility index (Phi) is 8.26. The maximum absolute atomic E-state index is 12.4. The number of hydrogen-bond acceptors (Lipinski definition) is 2. The van der Waals surface area contributed by atoms with Crippen LogP contribution in [0.15, 0.2) is 30.3 Å². The van der Waals surface area contributed by atoms with Crippen molar-refractivity contribution in [1.82, 2.24) is 9.80 Å². The molecule has 0 spiro atoms. The van der Waals surface area contributed by atoms with E-state index in [0.29, 0.717) is 6.54 Å². The van der Waals surface area contributed by atoms with Crippen molar-refractivity contribution in [1.29, 1.82) is 0 Å². The van der Waals surface area contributed by atoms with Crippen LogP contribution in [0.1, 0.15) is 39.2 Å². The van der Waals surface area contributed by atoms with E-state index in [2.05, 4.69) is 13.8 Å². The molecular formula is C18H28N2O2. The van der Waals surface area contributed by atoms with Gasteiger partial charge in [0.15, 0.2) is 0 Å². The lowest BCUT2D eigenvalue weighted by atomic mass is 10.1. The van der Waals surface area contributed by atoms with Gasteiger partial charge in [-0.2, -0.15) is 0 Å². The van der Waals surface area contributed by atoms with Crippen molar-refractivity contribution < 1.29 is 9.59 Å². The molecule has 1 aromatic carbocycles. The highest BCUT2D eigenvalue weighted by atomic mass is 16.2. The summed E-state index contributed by atoms with van der Waals surface area (Å²) in [6.45, 7) is 7.94. The van der Waals surface area contributed by atoms with E-state index < -0.39 is 0 Å². The monoisotopic (exact) mass is 304 g/mol. The second-order valence-electron chi connectivity index (χ2n) is 5.56. The van der Waals surface area contributed by atoms with Gasteiger partial charge in [0.25, 0.3) is 0 Å². The summed E-state index contributed by atoms with van der Waals surface area (Å²) < 4.78 is 0. The smallest absolute Gasteiger partial charge is 0.242 e. The highest BCUT2D eigenvalue weighted by Crippen LogP contribution is 2.04. The quantitative estimate of drug-likeness (QED) is 0.704. The summed E-state index contributed by atoms with van der Waals surface area (Å²) >= 11 is 0. The lowest BCUT2D eigenvalue weighted by Gasteiger charge is -2.26. The van der Waals surface area contributed by atoms with Gasteiger partial charge in [-0.3, -0.25) is 9.59 Å². The lowest BCUT2D eigenvalue weighted by molar-refractivity contribution is -0.139. The number of carbonyl (C=O) groups is 2. The van der Waals surface area contributed by atoms with E-state index in [1.807, 2.05) is 35.2 Å². The zero-order valence-corrected chi connectivity index (χ0v) is 14.0. The average Bonchev–Trinajstić information content (AvgIpc) is 2.51. The molecule has 0 saturated heterocycles. The number of amides is 2. The van der Waals surface area contributed by atoms with E-state index in [1.165, 1.54) is 12.5 Å². The predicted octanol–water partition coefficient (Wildman–Crippen LogP) is 2.73. The van der Waals surface area contributed by atoms with E-state index >= 15 is 0 Å². The minimum absolute atomic E-state index is 0.0442. The average molecular weight is 304 g/mol. The zero-order chi connectivity index (χ0) is 16.4. The van der Waals surface area contributed by atoms with Gasteiger partial charge in [0.2, 0.25) is 11.8 Å². The Morgan fingerprint density at radius 1 is 0.909 bits per heavy atom. The number of carbonyl (C=O) groups excluding carboxylic acids is 2. The first-order chi connectivity index (χ1) is 10.6. The van der Waals surface area contributed by atoms with Crippen molar-refractivity contribution in [2.24, 2.45) is 0 Å². The fourth-order valence-electron chi connectivity index (χ4n) is 2.42. The molecule has 0 aromatic heterocycles. The molecule has 0 unspecified atom stereocenters. The SMILES string of the molecule is CCCN(CCC)C(=O)CN(CCc1ccccc1)C(C)=O. The standard InChI is InChI=1S/C18H28N2O2/c1-4-12-19(13-5-2)18(22)15-20(16(3)21)14-11-17-9-7-6-8-10-17/h6-10H,4-5,11-15H2,1-3H3. The number of nitrogens with zero attached hydrogens (tertiary/aromatic N) is 2. The Hall–Kier alpha value is -1.84. The molecular weight excluding hydrogens is 276 g/mol. The molecule has 0 bridgehead atoms. The van der Waals surface area contributed by atoms with Gasteiger partial charge in [-0.25, -0.2) is 0 Å². The van der Waals surface area contributed by atoms with Crippen molar-refractivity contribution in [2.75, 3.05) is 26.2 Å². The normalized spacial score (nSPS) is 10.3. The van der Waals surface area contributed by atoms with Gasteiger partial charge in [0.1, 0.15) is 0 Å². The van der Waals surface area contributed by atoms with Crippen LogP contribution in [-0.2, 0) is 16.0 Å². The highest BCUT2D eigenvalue weighted by Gasteiger charge is 2.18. The number of rotatable bonds is 9. The van der Waals surface area contributed by atoms with E-state index in [4.69, 9.17) is 0 Å². The van der Waals surface area contributed by atoms with Crippen LogP contribution in [0.2, 0.25) is 0 Å². The summed E-state index contributed by atoms with van der Waals surface area (Å²) in [7, 11) is 0. The van der Waals surface area contributed by atoms with Crippen molar-refractivity contribution in [3.05, 3.63) is 35.9 Å². The Morgan fingerprint density at radius 3 is 2.00 bits per heavy atom. The molecule has 4 heteroatoms. The molecule has 0 saturated carbocycles. The molecule has 122 valence electrons. The third kappa shape index (κ3) is 6.29. The van der Waals surface area contributed by atoms with Crippen molar-refractivity contribution >= 4 is 11.8 Å². The van der Waals surface area contributed by atoms with E-state index in [1.54, 1.807) is 4.90 Å². The summed E-state index contributed by atoms with van der Waals surface area (Å²) in [6, 6.07) is 10.0. The summed E-state index contributed by atoms with van der Waals surface area (Å²) in [6.07, 6.45) is 2.65. The molecule has 0 atom stereocenters. The fraction of sp³-hybridized carbons (Fsp3) is 0.556. The van der Waals surface area contributed by atoms with Gasteiger partial charge in [-0.1, -0.05) is 44.2 Å². The van der Waals surface area contributed by atoms with E-state index in [9.17, 15) is 9.59 Å². The Labute approximate surface area is 134 Å². The molecule has 22 heavy (non-hydrogen) atoms. The number of hydrogen-bond donors (Lipinski definition) is 0. The number of benzene rings is 1. The molecule has 0 heterocycles. The fourth-order valence-corrected chi connectivity index (χ4v) is 2.42. The van der Waals surface area contributed by atoms with Crippen molar-refractivity contribution in [3.63, 3.8) is 0 Å². The van der Waals surface area contributed by atoms with Gasteiger partial charge in [0, 0.05) is 26.6 Å². The first kappa shape index (κ1) is 18.2. The predicted molar refractivity (Wildman–Crippen MR) is 89.6 cm³/mol. The van der Waals surface area contributed by atoms with Crippen molar-refractivity contribution in [3.8, 4) is 0 Å². The maximum atomic E-state index is 12.4. The third-order valence-corrected chi connectivity index (χ3v) is 3.62. The first-order valence-electron chi connectivity index (χ1n) is 8.15. The first-order valence-corrected chi connectivity index (χ1v) is 8.15. The minimum Gasteiger partial charge on any atom is -0.341 e. The topological polar surface area (TPSA) is 40.6 Å². The molecule has 4 nitrogen and oxygen atoms in total. The van der Waals surface area contributed by atoms with Crippen LogP contribution in [0.3, 0.4) is 0 Å². The molecule has 2 amide bonds. The van der Waals surface area contributed by atoms with Crippen LogP contribution in [0, 0.1) is 0 Å². The summed E-state index contributed by atoms with van der Waals surface area (Å²) in [5.41, 5.74) is 1.18. The molecule has 0 aliphatic carbocycles. The molecule has 0 aliphatic rings. The van der Waals surface area contributed by atoms with Crippen LogP contribution >= 0.6 is 0 Å². The Balaban J connectivity index is 2.59. The zero-order valence-electron chi connectivity index (χ0n) is 14.0. The van der Waals surface area contributed by atoms with Gasteiger partial charge in [-0.05, 0) is 24.8 Å². The van der Waals surface area contributed by atoms with Gasteiger partial charge in [-0.15, -0.1) is 0 Å². The molecule has 0 N–H and O–H groups in total. The maximum Gasteiger partial charge on any atom is 0.242 e. The summed E-state index contributed by atoms with van der Waals surface area (Å²) in [4.78, 5) is 27.7. The van der Waals surface area contributed by atoms with E-state index in [0.717, 1.165) is 32.4 Å². The van der Waals surface area contributed by atoms with Crippen LogP contribution in [0.5, 0.6) is 0 Å². The van der Waals surface area contributed by atoms with Crippen LogP contribution < -0.4 is 0 Å². The largest absolute Gasteiger partial charge is 0.341 e. The van der Waals surface area contributed by atoms with E-state index in [-0.39, 0.29) is 18.4 Å². The van der Waals surface area contributed by atoms with Crippen LogP contribution in [-0.4, -0.2) is 47.8 Å².